The number of nitrogens with one attached hydrogen (secondary N) is 1. The van der Waals surface area contributed by atoms with Crippen LogP contribution in [0.5, 0.6) is 11.5 Å². The molecule has 1 aliphatic heterocycles. The van der Waals surface area contributed by atoms with Gasteiger partial charge in [0.25, 0.3) is 0 Å². The second-order valence-corrected chi connectivity index (χ2v) is 7.96. The van der Waals surface area contributed by atoms with Gasteiger partial charge >= 0.3 is 0 Å². The van der Waals surface area contributed by atoms with Gasteiger partial charge in [0.2, 0.25) is 11.8 Å². The molecule has 0 saturated heterocycles. The zero-order valence-corrected chi connectivity index (χ0v) is 18.6. The molecule has 1 atom stereocenters. The first kappa shape index (κ1) is 22.7. The van der Waals surface area contributed by atoms with Crippen molar-refractivity contribution in [3.05, 3.63) is 59.2 Å². The lowest BCUT2D eigenvalue weighted by Gasteiger charge is -2.29. The van der Waals surface area contributed by atoms with E-state index in [1.54, 1.807) is 11.8 Å². The number of rotatable bonds is 9. The van der Waals surface area contributed by atoms with Gasteiger partial charge in [-0.05, 0) is 49.9 Å². The average Bonchev–Trinajstić information content (AvgIpc) is 2.78. The van der Waals surface area contributed by atoms with E-state index in [0.717, 1.165) is 34.6 Å². The lowest BCUT2D eigenvalue weighted by molar-refractivity contribution is -0.140. The fraction of sp³-hybridized carbons (Fsp3) is 0.440. The molecule has 0 aliphatic carbocycles. The Hall–Kier alpha value is -3.02. The minimum absolute atomic E-state index is 0.0458. The van der Waals surface area contributed by atoms with Gasteiger partial charge in [-0.3, -0.25) is 9.59 Å². The topological polar surface area (TPSA) is 67.9 Å². The van der Waals surface area contributed by atoms with E-state index in [2.05, 4.69) is 11.4 Å². The lowest BCUT2D eigenvalue weighted by Crippen LogP contribution is -2.47. The lowest BCUT2D eigenvalue weighted by atomic mass is 10.1. The van der Waals surface area contributed by atoms with Gasteiger partial charge in [0, 0.05) is 19.5 Å². The van der Waals surface area contributed by atoms with Crippen LogP contribution >= 0.6 is 0 Å². The molecule has 0 bridgehead atoms. The maximum Gasteiger partial charge on any atom is 0.242 e. The number of nitrogens with zero attached hydrogens (tertiary/aromatic N) is 1. The molecular weight excluding hydrogens is 392 g/mol. The normalized spacial score (nSPS) is 13.4. The number of amides is 2. The number of hydrogen-bond acceptors (Lipinski definition) is 4. The Morgan fingerprint density at radius 1 is 1.06 bits per heavy atom. The van der Waals surface area contributed by atoms with E-state index in [0.29, 0.717) is 39.1 Å². The van der Waals surface area contributed by atoms with Crippen LogP contribution in [-0.4, -0.2) is 42.5 Å². The Bertz CT molecular complexity index is 912. The summed E-state index contributed by atoms with van der Waals surface area (Å²) in [6.07, 6.45) is 1.74. The SMILES string of the molecule is CCCNC(=O)[C@@H](C)N(Cc1cccc(C)c1)C(=O)CCc1ccc2c(c1)OCCO2. The van der Waals surface area contributed by atoms with Gasteiger partial charge in [0.1, 0.15) is 19.3 Å². The zero-order chi connectivity index (χ0) is 22.2. The Kier molecular flexibility index (Phi) is 7.93. The molecule has 2 amide bonds. The molecule has 6 heteroatoms. The van der Waals surface area contributed by atoms with Crippen molar-refractivity contribution in [1.29, 1.82) is 0 Å². The molecule has 0 radical (unpaired) electrons. The Morgan fingerprint density at radius 2 is 1.84 bits per heavy atom. The van der Waals surface area contributed by atoms with Crippen LogP contribution in [0.1, 0.15) is 43.4 Å². The Balaban J connectivity index is 1.70. The molecule has 1 N–H and O–H groups in total. The number of ether oxygens (including phenoxy) is 2. The predicted octanol–water partition coefficient (Wildman–Crippen LogP) is 3.64. The largest absolute Gasteiger partial charge is 0.486 e. The summed E-state index contributed by atoms with van der Waals surface area (Å²) in [4.78, 5) is 27.5. The third-order valence-corrected chi connectivity index (χ3v) is 5.39. The predicted molar refractivity (Wildman–Crippen MR) is 120 cm³/mol. The van der Waals surface area contributed by atoms with Gasteiger partial charge in [-0.25, -0.2) is 0 Å². The smallest absolute Gasteiger partial charge is 0.242 e. The molecule has 2 aromatic rings. The summed E-state index contributed by atoms with van der Waals surface area (Å²) in [5.74, 6) is 1.29. The minimum Gasteiger partial charge on any atom is -0.486 e. The number of hydrogen-bond donors (Lipinski definition) is 1. The van der Waals surface area contributed by atoms with Crippen molar-refractivity contribution in [3.63, 3.8) is 0 Å². The molecule has 0 fully saturated rings. The van der Waals surface area contributed by atoms with E-state index in [-0.39, 0.29) is 11.8 Å². The van der Waals surface area contributed by atoms with Crippen molar-refractivity contribution in [2.45, 2.75) is 52.6 Å². The van der Waals surface area contributed by atoms with E-state index in [1.165, 1.54) is 0 Å². The van der Waals surface area contributed by atoms with E-state index < -0.39 is 6.04 Å². The second-order valence-electron chi connectivity index (χ2n) is 7.96. The van der Waals surface area contributed by atoms with Gasteiger partial charge < -0.3 is 19.7 Å². The second kappa shape index (κ2) is 10.8. The molecule has 1 aliphatic rings. The van der Waals surface area contributed by atoms with Crippen molar-refractivity contribution in [1.82, 2.24) is 10.2 Å². The molecular formula is C25H32N2O4. The molecule has 0 saturated carbocycles. The summed E-state index contributed by atoms with van der Waals surface area (Å²) in [5.41, 5.74) is 3.16. The van der Waals surface area contributed by atoms with Crippen LogP contribution in [-0.2, 0) is 22.6 Å². The van der Waals surface area contributed by atoms with Crippen LogP contribution in [0, 0.1) is 6.92 Å². The van der Waals surface area contributed by atoms with Crippen LogP contribution in [0.15, 0.2) is 42.5 Å². The molecule has 6 nitrogen and oxygen atoms in total. The standard InChI is InChI=1S/C25H32N2O4/c1-4-12-26-25(29)19(3)27(17-21-7-5-6-18(2)15-21)24(28)11-9-20-8-10-22-23(16-20)31-14-13-30-22/h5-8,10,15-16,19H,4,9,11-14,17H2,1-3H3,(H,26,29)/t19-/m1/s1. The molecule has 0 aromatic heterocycles. The average molecular weight is 425 g/mol. The van der Waals surface area contributed by atoms with E-state index in [1.807, 2.05) is 50.2 Å². The van der Waals surface area contributed by atoms with E-state index in [4.69, 9.17) is 9.47 Å². The van der Waals surface area contributed by atoms with Crippen molar-refractivity contribution in [3.8, 4) is 11.5 Å². The number of carbonyl (C=O) groups is 2. The van der Waals surface area contributed by atoms with Gasteiger partial charge in [0.15, 0.2) is 11.5 Å². The highest BCUT2D eigenvalue weighted by Crippen LogP contribution is 2.31. The maximum absolute atomic E-state index is 13.2. The van der Waals surface area contributed by atoms with Crippen molar-refractivity contribution >= 4 is 11.8 Å². The van der Waals surface area contributed by atoms with Crippen molar-refractivity contribution in [2.24, 2.45) is 0 Å². The zero-order valence-electron chi connectivity index (χ0n) is 18.6. The number of fused-ring (bicyclic) bond motifs is 1. The van der Waals surface area contributed by atoms with Gasteiger partial charge in [-0.15, -0.1) is 0 Å². The van der Waals surface area contributed by atoms with E-state index in [9.17, 15) is 9.59 Å². The van der Waals surface area contributed by atoms with E-state index >= 15 is 0 Å². The van der Waals surface area contributed by atoms with Crippen LogP contribution in [0.3, 0.4) is 0 Å². The number of aryl methyl sites for hydroxylation is 2. The monoisotopic (exact) mass is 424 g/mol. The van der Waals surface area contributed by atoms with Gasteiger partial charge in [0.05, 0.1) is 0 Å². The van der Waals surface area contributed by atoms with Crippen LogP contribution in [0.4, 0.5) is 0 Å². The van der Waals surface area contributed by atoms with Crippen LogP contribution in [0.2, 0.25) is 0 Å². The third-order valence-electron chi connectivity index (χ3n) is 5.39. The Labute approximate surface area is 184 Å². The summed E-state index contributed by atoms with van der Waals surface area (Å²) in [7, 11) is 0. The number of benzene rings is 2. The number of carbonyl (C=O) groups excluding carboxylic acids is 2. The summed E-state index contributed by atoms with van der Waals surface area (Å²) >= 11 is 0. The molecule has 1 heterocycles. The van der Waals surface area contributed by atoms with Gasteiger partial charge in [-0.2, -0.15) is 0 Å². The minimum atomic E-state index is -0.542. The summed E-state index contributed by atoms with van der Waals surface area (Å²) in [6.45, 7) is 7.92. The first-order chi connectivity index (χ1) is 15.0. The first-order valence-electron chi connectivity index (χ1n) is 11.0. The maximum atomic E-state index is 13.2. The van der Waals surface area contributed by atoms with Crippen LogP contribution in [0.25, 0.3) is 0 Å². The summed E-state index contributed by atoms with van der Waals surface area (Å²) in [6, 6.07) is 13.3. The highest BCUT2D eigenvalue weighted by atomic mass is 16.6. The summed E-state index contributed by atoms with van der Waals surface area (Å²) < 4.78 is 11.2. The van der Waals surface area contributed by atoms with Gasteiger partial charge in [-0.1, -0.05) is 42.8 Å². The Morgan fingerprint density at radius 3 is 2.58 bits per heavy atom. The van der Waals surface area contributed by atoms with Crippen LogP contribution < -0.4 is 14.8 Å². The molecule has 166 valence electrons. The molecule has 0 spiro atoms. The van der Waals surface area contributed by atoms with Crippen molar-refractivity contribution < 1.29 is 19.1 Å². The molecule has 3 rings (SSSR count). The quantitative estimate of drug-likeness (QED) is 0.667. The molecule has 2 aromatic carbocycles. The highest BCUT2D eigenvalue weighted by Gasteiger charge is 2.26. The first-order valence-corrected chi connectivity index (χ1v) is 11.0. The third kappa shape index (κ3) is 6.23. The molecule has 0 unspecified atom stereocenters. The summed E-state index contributed by atoms with van der Waals surface area (Å²) in [5, 5.41) is 2.91. The molecule has 31 heavy (non-hydrogen) atoms. The van der Waals surface area contributed by atoms with Crippen molar-refractivity contribution in [2.75, 3.05) is 19.8 Å². The highest BCUT2D eigenvalue weighted by molar-refractivity contribution is 5.87. The fourth-order valence-corrected chi connectivity index (χ4v) is 3.62. The fourth-order valence-electron chi connectivity index (χ4n) is 3.62.